The number of aliphatic hydroxyl groups is 1. The molecule has 1 saturated heterocycles. The van der Waals surface area contributed by atoms with E-state index in [2.05, 4.69) is 17.4 Å². The molecule has 1 fully saturated rings. The summed E-state index contributed by atoms with van der Waals surface area (Å²) in [5.41, 5.74) is 5.04. The van der Waals surface area contributed by atoms with E-state index in [9.17, 15) is 24.6 Å². The number of aliphatic carboxylic acids is 1. The fourth-order valence-corrected chi connectivity index (χ4v) is 4.92. The lowest BCUT2D eigenvalue weighted by Gasteiger charge is -2.21. The van der Waals surface area contributed by atoms with Crippen LogP contribution < -0.4 is 5.32 Å². The van der Waals surface area contributed by atoms with Crippen LogP contribution in [0, 0.1) is 0 Å². The van der Waals surface area contributed by atoms with Crippen LogP contribution in [0.4, 0.5) is 10.5 Å². The van der Waals surface area contributed by atoms with Crippen LogP contribution in [-0.2, 0) is 9.53 Å². The molecule has 5 rings (SSSR count). The summed E-state index contributed by atoms with van der Waals surface area (Å²) >= 11 is 0. The highest BCUT2D eigenvalue weighted by atomic mass is 16.5. The maximum Gasteiger partial charge on any atom is 0.411 e. The largest absolute Gasteiger partial charge is 0.480 e. The SMILES string of the molecule is O=C(Nc1cccc(C(=O)N2C[C@@H](O)C[C@H]2C(=O)O)c1)OCC1c2ccccc2-c2ccccc21. The molecule has 0 spiro atoms. The van der Waals surface area contributed by atoms with Crippen molar-refractivity contribution < 1.29 is 29.3 Å². The summed E-state index contributed by atoms with van der Waals surface area (Å²) in [7, 11) is 0. The van der Waals surface area contributed by atoms with Gasteiger partial charge in [-0.25, -0.2) is 9.59 Å². The van der Waals surface area contributed by atoms with Gasteiger partial charge in [0.15, 0.2) is 0 Å². The minimum atomic E-state index is -1.16. The molecule has 1 heterocycles. The molecule has 178 valence electrons. The van der Waals surface area contributed by atoms with Crippen LogP contribution in [-0.4, -0.2) is 58.4 Å². The van der Waals surface area contributed by atoms with Crippen LogP contribution in [0.1, 0.15) is 33.8 Å². The van der Waals surface area contributed by atoms with Crippen LogP contribution in [0.25, 0.3) is 11.1 Å². The van der Waals surface area contributed by atoms with Crippen molar-refractivity contribution in [3.63, 3.8) is 0 Å². The smallest absolute Gasteiger partial charge is 0.411 e. The van der Waals surface area contributed by atoms with Gasteiger partial charge >= 0.3 is 12.1 Å². The Morgan fingerprint density at radius 1 is 0.943 bits per heavy atom. The molecule has 35 heavy (non-hydrogen) atoms. The number of anilines is 1. The van der Waals surface area contributed by atoms with E-state index >= 15 is 0 Å². The van der Waals surface area contributed by atoms with Gasteiger partial charge in [-0.1, -0.05) is 54.6 Å². The number of amides is 2. The monoisotopic (exact) mass is 472 g/mol. The van der Waals surface area contributed by atoms with E-state index in [1.54, 1.807) is 12.1 Å². The summed E-state index contributed by atoms with van der Waals surface area (Å²) in [5, 5.41) is 21.8. The molecule has 2 amide bonds. The highest BCUT2D eigenvalue weighted by molar-refractivity contribution is 5.98. The Morgan fingerprint density at radius 3 is 2.26 bits per heavy atom. The van der Waals surface area contributed by atoms with Crippen molar-refractivity contribution in [2.24, 2.45) is 0 Å². The summed E-state index contributed by atoms with van der Waals surface area (Å²) in [6.45, 7) is 0.101. The zero-order chi connectivity index (χ0) is 24.5. The number of carboxylic acids is 1. The highest BCUT2D eigenvalue weighted by Gasteiger charge is 2.39. The first-order chi connectivity index (χ1) is 16.9. The molecule has 3 aromatic rings. The van der Waals surface area contributed by atoms with Crippen molar-refractivity contribution in [3.8, 4) is 11.1 Å². The molecular weight excluding hydrogens is 448 g/mol. The lowest BCUT2D eigenvalue weighted by Crippen LogP contribution is -2.40. The molecule has 0 aromatic heterocycles. The topological polar surface area (TPSA) is 116 Å². The third-order valence-corrected chi connectivity index (χ3v) is 6.52. The molecule has 0 radical (unpaired) electrons. The van der Waals surface area contributed by atoms with Crippen LogP contribution in [0.15, 0.2) is 72.8 Å². The predicted molar refractivity (Wildman–Crippen MR) is 128 cm³/mol. The molecule has 0 unspecified atom stereocenters. The Balaban J connectivity index is 1.26. The number of carboxylic acid groups (broad SMARTS) is 1. The maximum atomic E-state index is 12.9. The van der Waals surface area contributed by atoms with Gasteiger partial charge in [0, 0.05) is 30.1 Å². The molecule has 1 aliphatic heterocycles. The molecule has 8 nitrogen and oxygen atoms in total. The van der Waals surface area contributed by atoms with Gasteiger partial charge < -0.3 is 19.8 Å². The van der Waals surface area contributed by atoms with Crippen molar-refractivity contribution in [2.75, 3.05) is 18.5 Å². The summed E-state index contributed by atoms with van der Waals surface area (Å²) in [6, 6.07) is 21.2. The number of aliphatic hydroxyl groups excluding tert-OH is 1. The molecule has 3 aromatic carbocycles. The van der Waals surface area contributed by atoms with E-state index in [4.69, 9.17) is 4.74 Å². The number of carbonyl (C=O) groups is 3. The van der Waals surface area contributed by atoms with E-state index in [1.807, 2.05) is 36.4 Å². The average molecular weight is 472 g/mol. The number of hydrogen-bond acceptors (Lipinski definition) is 5. The molecule has 2 aliphatic rings. The Bertz CT molecular complexity index is 1260. The Hall–Kier alpha value is -4.17. The van der Waals surface area contributed by atoms with Gasteiger partial charge in [0.2, 0.25) is 0 Å². The van der Waals surface area contributed by atoms with Crippen LogP contribution >= 0.6 is 0 Å². The highest BCUT2D eigenvalue weighted by Crippen LogP contribution is 2.44. The third-order valence-electron chi connectivity index (χ3n) is 6.52. The molecule has 8 heteroatoms. The molecule has 1 aliphatic carbocycles. The Morgan fingerprint density at radius 2 is 1.60 bits per heavy atom. The minimum absolute atomic E-state index is 0.0151. The van der Waals surface area contributed by atoms with Crippen molar-refractivity contribution in [3.05, 3.63) is 89.5 Å². The van der Waals surface area contributed by atoms with Crippen molar-refractivity contribution >= 4 is 23.7 Å². The van der Waals surface area contributed by atoms with Gasteiger partial charge in [0.1, 0.15) is 12.6 Å². The number of nitrogens with zero attached hydrogens (tertiary/aromatic N) is 1. The second kappa shape index (κ2) is 9.23. The molecule has 0 saturated carbocycles. The first-order valence-electron chi connectivity index (χ1n) is 11.4. The van der Waals surface area contributed by atoms with Crippen LogP contribution in [0.3, 0.4) is 0 Å². The summed E-state index contributed by atoms with van der Waals surface area (Å²) in [5.74, 6) is -1.76. The zero-order valence-corrected chi connectivity index (χ0v) is 18.8. The molecule has 2 atom stereocenters. The summed E-state index contributed by atoms with van der Waals surface area (Å²) < 4.78 is 5.55. The molecule has 0 bridgehead atoms. The fraction of sp³-hybridized carbons (Fsp3) is 0.222. The first-order valence-corrected chi connectivity index (χ1v) is 11.4. The second-order valence-electron chi connectivity index (χ2n) is 8.73. The molecular formula is C27H24N2O6. The van der Waals surface area contributed by atoms with Gasteiger partial charge in [0.05, 0.1) is 6.10 Å². The van der Waals surface area contributed by atoms with Crippen LogP contribution in [0.2, 0.25) is 0 Å². The number of benzene rings is 3. The number of β-amino-alcohol motifs (C(OH)–C–C–N with tert-alkyl or cyclic N) is 1. The number of nitrogens with one attached hydrogen (secondary N) is 1. The Kier molecular flexibility index (Phi) is 5.96. The van der Waals surface area contributed by atoms with E-state index < -0.39 is 30.1 Å². The summed E-state index contributed by atoms with van der Waals surface area (Å²) in [4.78, 5) is 38.1. The van der Waals surface area contributed by atoms with Crippen molar-refractivity contribution in [1.29, 1.82) is 0 Å². The van der Waals surface area contributed by atoms with E-state index in [0.717, 1.165) is 27.2 Å². The number of hydrogen-bond donors (Lipinski definition) is 3. The first kappa shape index (κ1) is 22.6. The summed E-state index contributed by atoms with van der Waals surface area (Å²) in [6.07, 6.45) is -1.56. The standard InChI is InChI=1S/C27H24N2O6/c30-18-13-24(26(32)33)29(14-18)25(31)16-6-5-7-17(12-16)28-27(34)35-15-23-21-10-3-1-8-19(21)20-9-2-4-11-22(20)23/h1-12,18,23-24,30H,13-15H2,(H,28,34)(H,32,33)/t18-,24-/m0/s1. The normalized spacial score (nSPS) is 18.6. The van der Waals surface area contributed by atoms with Gasteiger partial charge in [-0.15, -0.1) is 0 Å². The molecule has 3 N–H and O–H groups in total. The van der Waals surface area contributed by atoms with Gasteiger partial charge in [0.25, 0.3) is 5.91 Å². The van der Waals surface area contributed by atoms with E-state index in [0.29, 0.717) is 5.69 Å². The van der Waals surface area contributed by atoms with Crippen molar-refractivity contribution in [1.82, 2.24) is 4.90 Å². The van der Waals surface area contributed by atoms with Gasteiger partial charge in [-0.05, 0) is 40.5 Å². The van der Waals surface area contributed by atoms with E-state index in [-0.39, 0.29) is 31.1 Å². The van der Waals surface area contributed by atoms with Crippen LogP contribution in [0.5, 0.6) is 0 Å². The van der Waals surface area contributed by atoms with Gasteiger partial charge in [-0.3, -0.25) is 10.1 Å². The third kappa shape index (κ3) is 4.36. The number of ether oxygens (including phenoxy) is 1. The fourth-order valence-electron chi connectivity index (χ4n) is 4.92. The second-order valence-corrected chi connectivity index (χ2v) is 8.73. The maximum absolute atomic E-state index is 12.9. The lowest BCUT2D eigenvalue weighted by atomic mass is 9.98. The number of carbonyl (C=O) groups excluding carboxylic acids is 2. The number of likely N-dealkylation sites (tertiary alicyclic amines) is 1. The number of fused-ring (bicyclic) bond motifs is 3. The quantitative estimate of drug-likeness (QED) is 0.521. The number of rotatable bonds is 5. The van der Waals surface area contributed by atoms with E-state index in [1.165, 1.54) is 12.1 Å². The predicted octanol–water partition coefficient (Wildman–Crippen LogP) is 3.71. The minimum Gasteiger partial charge on any atom is -0.480 e. The Labute approximate surface area is 201 Å². The van der Waals surface area contributed by atoms with Crippen molar-refractivity contribution in [2.45, 2.75) is 24.5 Å². The average Bonchev–Trinajstić information content (AvgIpc) is 3.41. The van der Waals surface area contributed by atoms with Gasteiger partial charge in [-0.2, -0.15) is 0 Å². The lowest BCUT2D eigenvalue weighted by molar-refractivity contribution is -0.141. The zero-order valence-electron chi connectivity index (χ0n) is 18.8.